The summed E-state index contributed by atoms with van der Waals surface area (Å²) in [5, 5.41) is 11.9. The highest BCUT2D eigenvalue weighted by atomic mass is 32.2. The van der Waals surface area contributed by atoms with Gasteiger partial charge in [0.25, 0.3) is 0 Å². The van der Waals surface area contributed by atoms with Crippen LogP contribution >= 0.6 is 0 Å². The summed E-state index contributed by atoms with van der Waals surface area (Å²) in [4.78, 5) is 11.1. The molecular formula is C16H16N2O4S. The number of carboxylic acids is 1. The standard InChI is InChI=1S/C16H16N2O4S/c1-17-14-7-6-11(16(19)20)8-15(14)23(21,22)18-9-12-4-2-3-5-13(12)10-18/h2-8,17H,9-10H2,1H3,(H,19,20). The molecule has 23 heavy (non-hydrogen) atoms. The second kappa shape index (κ2) is 5.68. The third kappa shape index (κ3) is 2.69. The zero-order valence-electron chi connectivity index (χ0n) is 12.5. The zero-order chi connectivity index (χ0) is 16.6. The van der Waals surface area contributed by atoms with Crippen LogP contribution in [-0.2, 0) is 23.1 Å². The Kier molecular flexibility index (Phi) is 3.83. The Balaban J connectivity index is 2.04. The fourth-order valence-electron chi connectivity index (χ4n) is 2.69. The predicted molar refractivity (Wildman–Crippen MR) is 85.8 cm³/mol. The van der Waals surface area contributed by atoms with Crippen LogP contribution in [0.4, 0.5) is 5.69 Å². The van der Waals surface area contributed by atoms with E-state index in [0.29, 0.717) is 18.8 Å². The zero-order valence-corrected chi connectivity index (χ0v) is 13.3. The summed E-state index contributed by atoms with van der Waals surface area (Å²) in [5.41, 5.74) is 2.26. The van der Waals surface area contributed by atoms with Crippen LogP contribution in [0, 0.1) is 0 Å². The van der Waals surface area contributed by atoms with Crippen molar-refractivity contribution in [3.05, 3.63) is 59.2 Å². The van der Waals surface area contributed by atoms with Crippen LogP contribution in [0.1, 0.15) is 21.5 Å². The van der Waals surface area contributed by atoms with E-state index in [1.807, 2.05) is 24.3 Å². The van der Waals surface area contributed by atoms with Crippen LogP contribution in [0.3, 0.4) is 0 Å². The Hall–Kier alpha value is -2.38. The maximum Gasteiger partial charge on any atom is 0.335 e. The largest absolute Gasteiger partial charge is 0.478 e. The van der Waals surface area contributed by atoms with Crippen LogP contribution in [0.5, 0.6) is 0 Å². The smallest absolute Gasteiger partial charge is 0.335 e. The third-order valence-corrected chi connectivity index (χ3v) is 5.76. The van der Waals surface area contributed by atoms with Gasteiger partial charge >= 0.3 is 5.97 Å². The third-order valence-electron chi connectivity index (χ3n) is 3.93. The Bertz CT molecular complexity index is 852. The lowest BCUT2D eigenvalue weighted by Crippen LogP contribution is -2.26. The summed E-state index contributed by atoms with van der Waals surface area (Å²) >= 11 is 0. The SMILES string of the molecule is CNc1ccc(C(=O)O)cc1S(=O)(=O)N1Cc2ccccc2C1. The number of hydrogen-bond acceptors (Lipinski definition) is 4. The Morgan fingerprint density at radius 3 is 2.26 bits per heavy atom. The first kappa shape index (κ1) is 15.5. The van der Waals surface area contributed by atoms with E-state index in [2.05, 4.69) is 5.32 Å². The molecule has 7 heteroatoms. The maximum absolute atomic E-state index is 13.0. The van der Waals surface area contributed by atoms with E-state index in [9.17, 15) is 13.2 Å². The number of sulfonamides is 1. The Morgan fingerprint density at radius 1 is 1.13 bits per heavy atom. The van der Waals surface area contributed by atoms with Gasteiger partial charge in [-0.15, -0.1) is 0 Å². The van der Waals surface area contributed by atoms with Gasteiger partial charge < -0.3 is 10.4 Å². The lowest BCUT2D eigenvalue weighted by atomic mass is 10.1. The molecule has 0 amide bonds. The number of hydrogen-bond donors (Lipinski definition) is 2. The first-order valence-electron chi connectivity index (χ1n) is 7.05. The molecule has 0 spiro atoms. The molecule has 0 aromatic heterocycles. The monoisotopic (exact) mass is 332 g/mol. The van der Waals surface area contributed by atoms with Gasteiger partial charge in [-0.05, 0) is 29.3 Å². The quantitative estimate of drug-likeness (QED) is 0.896. The topological polar surface area (TPSA) is 86.7 Å². The van der Waals surface area contributed by atoms with E-state index in [0.717, 1.165) is 11.1 Å². The van der Waals surface area contributed by atoms with E-state index < -0.39 is 16.0 Å². The molecule has 3 rings (SSSR count). The average Bonchev–Trinajstić information content (AvgIpc) is 2.99. The Labute approximate surface area is 134 Å². The average molecular weight is 332 g/mol. The second-order valence-corrected chi connectivity index (χ2v) is 7.21. The molecule has 1 aliphatic rings. The highest BCUT2D eigenvalue weighted by molar-refractivity contribution is 7.89. The maximum atomic E-state index is 13.0. The second-order valence-electron chi connectivity index (χ2n) is 5.31. The number of carbonyl (C=O) groups is 1. The van der Waals surface area contributed by atoms with Crippen molar-refractivity contribution in [1.29, 1.82) is 0 Å². The normalized spacial score (nSPS) is 14.5. The van der Waals surface area contributed by atoms with Crippen LogP contribution in [0.25, 0.3) is 0 Å². The molecule has 0 saturated carbocycles. The molecule has 6 nitrogen and oxygen atoms in total. The van der Waals surface area contributed by atoms with Gasteiger partial charge in [-0.1, -0.05) is 24.3 Å². The number of aromatic carboxylic acids is 1. The number of anilines is 1. The summed E-state index contributed by atoms with van der Waals surface area (Å²) in [7, 11) is -2.19. The van der Waals surface area contributed by atoms with Crippen molar-refractivity contribution in [2.45, 2.75) is 18.0 Å². The number of benzene rings is 2. The summed E-state index contributed by atoms with van der Waals surface area (Å²) in [6, 6.07) is 11.6. The lowest BCUT2D eigenvalue weighted by Gasteiger charge is -2.18. The molecule has 0 unspecified atom stereocenters. The fourth-order valence-corrected chi connectivity index (χ4v) is 4.31. The molecule has 2 aromatic carbocycles. The van der Waals surface area contributed by atoms with Gasteiger partial charge in [0.05, 0.1) is 11.3 Å². The van der Waals surface area contributed by atoms with Crippen LogP contribution in [-0.4, -0.2) is 30.8 Å². The van der Waals surface area contributed by atoms with E-state index in [1.165, 1.54) is 22.5 Å². The number of rotatable bonds is 4. The van der Waals surface area contributed by atoms with Crippen molar-refractivity contribution >= 4 is 21.7 Å². The molecule has 0 radical (unpaired) electrons. The van der Waals surface area contributed by atoms with Gasteiger partial charge in [0, 0.05) is 20.1 Å². The van der Waals surface area contributed by atoms with Gasteiger partial charge in [-0.2, -0.15) is 4.31 Å². The summed E-state index contributed by atoms with van der Waals surface area (Å²) in [6.07, 6.45) is 0. The first-order chi connectivity index (χ1) is 10.9. The van der Waals surface area contributed by atoms with Gasteiger partial charge in [0.2, 0.25) is 10.0 Å². The fraction of sp³-hybridized carbons (Fsp3) is 0.188. The van der Waals surface area contributed by atoms with Crippen LogP contribution in [0.2, 0.25) is 0 Å². The van der Waals surface area contributed by atoms with Crippen molar-refractivity contribution < 1.29 is 18.3 Å². The number of fused-ring (bicyclic) bond motifs is 1. The number of carboxylic acid groups (broad SMARTS) is 1. The van der Waals surface area contributed by atoms with Crippen LogP contribution in [0.15, 0.2) is 47.4 Å². The van der Waals surface area contributed by atoms with Crippen molar-refractivity contribution in [2.75, 3.05) is 12.4 Å². The van der Waals surface area contributed by atoms with Gasteiger partial charge in [-0.3, -0.25) is 0 Å². The minimum Gasteiger partial charge on any atom is -0.478 e. The molecule has 0 atom stereocenters. The summed E-state index contributed by atoms with van der Waals surface area (Å²) in [6.45, 7) is 0.581. The van der Waals surface area contributed by atoms with Crippen molar-refractivity contribution in [3.63, 3.8) is 0 Å². The molecule has 0 saturated heterocycles. The number of nitrogens with zero attached hydrogens (tertiary/aromatic N) is 1. The minimum absolute atomic E-state index is 0.0206. The summed E-state index contributed by atoms with van der Waals surface area (Å²) in [5.74, 6) is -1.16. The van der Waals surface area contributed by atoms with Crippen molar-refractivity contribution in [2.24, 2.45) is 0 Å². The first-order valence-corrected chi connectivity index (χ1v) is 8.49. The molecule has 1 aliphatic heterocycles. The molecule has 0 bridgehead atoms. The highest BCUT2D eigenvalue weighted by Gasteiger charge is 2.32. The van der Waals surface area contributed by atoms with E-state index in [4.69, 9.17) is 5.11 Å². The highest BCUT2D eigenvalue weighted by Crippen LogP contribution is 2.32. The van der Waals surface area contributed by atoms with Gasteiger partial charge in [0.15, 0.2) is 0 Å². The van der Waals surface area contributed by atoms with Gasteiger partial charge in [0.1, 0.15) is 4.90 Å². The van der Waals surface area contributed by atoms with E-state index in [1.54, 1.807) is 7.05 Å². The lowest BCUT2D eigenvalue weighted by molar-refractivity contribution is 0.0696. The van der Waals surface area contributed by atoms with E-state index >= 15 is 0 Å². The van der Waals surface area contributed by atoms with Crippen molar-refractivity contribution in [3.8, 4) is 0 Å². The Morgan fingerprint density at radius 2 is 1.74 bits per heavy atom. The molecule has 1 heterocycles. The minimum atomic E-state index is -3.80. The number of nitrogens with one attached hydrogen (secondary N) is 1. The molecule has 0 fully saturated rings. The molecular weight excluding hydrogens is 316 g/mol. The van der Waals surface area contributed by atoms with Gasteiger partial charge in [-0.25, -0.2) is 13.2 Å². The summed E-state index contributed by atoms with van der Waals surface area (Å²) < 4.78 is 27.3. The molecule has 0 aliphatic carbocycles. The van der Waals surface area contributed by atoms with Crippen molar-refractivity contribution in [1.82, 2.24) is 4.31 Å². The molecule has 2 N–H and O–H groups in total. The molecule has 2 aromatic rings. The molecule has 120 valence electrons. The van der Waals surface area contributed by atoms with Crippen LogP contribution < -0.4 is 5.32 Å². The van der Waals surface area contributed by atoms with E-state index in [-0.39, 0.29) is 10.5 Å². The predicted octanol–water partition coefficient (Wildman–Crippen LogP) is 2.13.